The Labute approximate surface area is 134 Å². The third-order valence-corrected chi connectivity index (χ3v) is 4.10. The molecule has 0 aliphatic heterocycles. The topological polar surface area (TPSA) is 83.5 Å². The second kappa shape index (κ2) is 8.08. The zero-order valence-corrected chi connectivity index (χ0v) is 14.0. The Hall–Kier alpha value is -1.69. The molecule has 1 aromatic heterocycles. The first-order valence-electron chi connectivity index (χ1n) is 7.28. The molecule has 122 valence electrons. The lowest BCUT2D eigenvalue weighted by Gasteiger charge is -2.21. The van der Waals surface area contributed by atoms with Crippen LogP contribution in [-0.2, 0) is 9.59 Å². The molecule has 0 aliphatic carbocycles. The van der Waals surface area contributed by atoms with Gasteiger partial charge in [-0.15, -0.1) is 11.3 Å². The molecule has 0 bridgehead atoms. The largest absolute Gasteiger partial charge is 0.480 e. The van der Waals surface area contributed by atoms with Crippen molar-refractivity contribution in [3.63, 3.8) is 0 Å². The van der Waals surface area contributed by atoms with Gasteiger partial charge in [0.05, 0.1) is 4.88 Å². The molecule has 0 aliphatic rings. The van der Waals surface area contributed by atoms with Gasteiger partial charge in [0.1, 0.15) is 6.04 Å². The van der Waals surface area contributed by atoms with Gasteiger partial charge >= 0.3 is 5.97 Å². The molecule has 6 heteroatoms. The van der Waals surface area contributed by atoms with Crippen molar-refractivity contribution in [2.45, 2.75) is 52.5 Å². The lowest BCUT2D eigenvalue weighted by atomic mass is 9.88. The number of rotatable bonds is 8. The molecule has 0 aromatic carbocycles. The number of nitrogens with one attached hydrogen (secondary N) is 1. The maximum atomic E-state index is 11.8. The number of amides is 1. The van der Waals surface area contributed by atoms with Crippen LogP contribution in [0.25, 0.3) is 0 Å². The van der Waals surface area contributed by atoms with E-state index < -0.39 is 17.9 Å². The van der Waals surface area contributed by atoms with E-state index in [9.17, 15) is 14.4 Å². The zero-order chi connectivity index (χ0) is 16.8. The molecular formula is C16H23NO4S. The van der Waals surface area contributed by atoms with Crippen molar-refractivity contribution < 1.29 is 19.5 Å². The van der Waals surface area contributed by atoms with E-state index in [1.54, 1.807) is 17.5 Å². The number of carboxylic acids is 1. The van der Waals surface area contributed by atoms with E-state index in [2.05, 4.69) is 5.32 Å². The Balaban J connectivity index is 2.43. The summed E-state index contributed by atoms with van der Waals surface area (Å²) >= 11 is 1.34. The molecule has 2 N–H and O–H groups in total. The molecule has 0 saturated carbocycles. The number of thiophene rings is 1. The van der Waals surface area contributed by atoms with Gasteiger partial charge in [-0.25, -0.2) is 4.79 Å². The van der Waals surface area contributed by atoms with Gasteiger partial charge in [0.15, 0.2) is 5.78 Å². The van der Waals surface area contributed by atoms with Crippen LogP contribution in [0.5, 0.6) is 0 Å². The first kappa shape index (κ1) is 18.4. The molecule has 1 amide bonds. The third-order valence-electron chi connectivity index (χ3n) is 3.19. The number of carbonyl (C=O) groups is 3. The van der Waals surface area contributed by atoms with Crippen LogP contribution in [0.3, 0.4) is 0 Å². The molecular weight excluding hydrogens is 302 g/mol. The fraction of sp³-hybridized carbons (Fsp3) is 0.562. The molecule has 1 unspecified atom stereocenters. The summed E-state index contributed by atoms with van der Waals surface area (Å²) in [6.45, 7) is 6.06. The average molecular weight is 325 g/mol. The normalized spacial score (nSPS) is 12.7. The third kappa shape index (κ3) is 6.85. The summed E-state index contributed by atoms with van der Waals surface area (Å²) in [6.07, 6.45) is 1.18. The van der Waals surface area contributed by atoms with Gasteiger partial charge in [-0.3, -0.25) is 9.59 Å². The quantitative estimate of drug-likeness (QED) is 0.719. The maximum Gasteiger partial charge on any atom is 0.326 e. The van der Waals surface area contributed by atoms with Gasteiger partial charge in [-0.05, 0) is 29.7 Å². The molecule has 0 fully saturated rings. The highest BCUT2D eigenvalue weighted by atomic mass is 32.1. The predicted octanol–water partition coefficient (Wildman–Crippen LogP) is 3.11. The van der Waals surface area contributed by atoms with Crippen LogP contribution < -0.4 is 5.32 Å². The summed E-state index contributed by atoms with van der Waals surface area (Å²) in [7, 11) is 0. The molecule has 1 rings (SSSR count). The maximum absolute atomic E-state index is 11.8. The van der Waals surface area contributed by atoms with Crippen molar-refractivity contribution in [2.24, 2.45) is 5.41 Å². The molecule has 0 spiro atoms. The van der Waals surface area contributed by atoms with Gasteiger partial charge in [0.2, 0.25) is 5.91 Å². The second-order valence-corrected chi connectivity index (χ2v) is 7.41. The Morgan fingerprint density at radius 3 is 2.45 bits per heavy atom. The van der Waals surface area contributed by atoms with Crippen LogP contribution in [0.2, 0.25) is 0 Å². The summed E-state index contributed by atoms with van der Waals surface area (Å²) in [5, 5.41) is 13.5. The van der Waals surface area contributed by atoms with Gasteiger partial charge in [0, 0.05) is 12.8 Å². The standard InChI is InChI=1S/C16H23NO4S/c1-16(2,3)9-8-11(15(20)21)17-14(19)7-6-12(18)13-5-4-10-22-13/h4-5,10-11H,6-9H2,1-3H3,(H,17,19)(H,20,21). The van der Waals surface area contributed by atoms with Crippen molar-refractivity contribution >= 4 is 29.0 Å². The van der Waals surface area contributed by atoms with E-state index >= 15 is 0 Å². The number of Topliss-reactive ketones (excluding diaryl/α,β-unsaturated/α-hetero) is 1. The van der Waals surface area contributed by atoms with E-state index in [0.29, 0.717) is 17.7 Å². The smallest absolute Gasteiger partial charge is 0.326 e. The first-order chi connectivity index (χ1) is 10.2. The SMILES string of the molecule is CC(C)(C)CCC(NC(=O)CCC(=O)c1cccs1)C(=O)O. The van der Waals surface area contributed by atoms with E-state index in [-0.39, 0.29) is 24.0 Å². The molecule has 1 aromatic rings. The van der Waals surface area contributed by atoms with Crippen molar-refractivity contribution in [2.75, 3.05) is 0 Å². The molecule has 0 saturated heterocycles. The number of hydrogen-bond donors (Lipinski definition) is 2. The van der Waals surface area contributed by atoms with E-state index in [1.807, 2.05) is 20.8 Å². The highest BCUT2D eigenvalue weighted by Gasteiger charge is 2.23. The van der Waals surface area contributed by atoms with Gasteiger partial charge in [-0.2, -0.15) is 0 Å². The average Bonchev–Trinajstić information content (AvgIpc) is 2.93. The van der Waals surface area contributed by atoms with Gasteiger partial charge in [-0.1, -0.05) is 26.8 Å². The van der Waals surface area contributed by atoms with Crippen molar-refractivity contribution in [1.82, 2.24) is 5.32 Å². The van der Waals surface area contributed by atoms with Crippen LogP contribution in [0.4, 0.5) is 0 Å². The highest BCUT2D eigenvalue weighted by Crippen LogP contribution is 2.21. The molecule has 22 heavy (non-hydrogen) atoms. The van der Waals surface area contributed by atoms with Gasteiger partial charge < -0.3 is 10.4 Å². The zero-order valence-electron chi connectivity index (χ0n) is 13.2. The van der Waals surface area contributed by atoms with Crippen molar-refractivity contribution in [3.05, 3.63) is 22.4 Å². The summed E-state index contributed by atoms with van der Waals surface area (Å²) in [4.78, 5) is 35.5. The van der Waals surface area contributed by atoms with Crippen LogP contribution in [0.1, 0.15) is 56.1 Å². The summed E-state index contributed by atoms with van der Waals surface area (Å²) in [5.74, 6) is -1.53. The summed E-state index contributed by atoms with van der Waals surface area (Å²) in [5.41, 5.74) is 0.00750. The Bertz CT molecular complexity index is 517. The lowest BCUT2D eigenvalue weighted by molar-refractivity contribution is -0.142. The van der Waals surface area contributed by atoms with Gasteiger partial charge in [0.25, 0.3) is 0 Å². The summed E-state index contributed by atoms with van der Waals surface area (Å²) < 4.78 is 0. The Kier molecular flexibility index (Phi) is 6.74. The molecule has 1 atom stereocenters. The predicted molar refractivity (Wildman–Crippen MR) is 86.1 cm³/mol. The lowest BCUT2D eigenvalue weighted by Crippen LogP contribution is -2.41. The molecule has 0 radical (unpaired) electrons. The monoisotopic (exact) mass is 325 g/mol. The van der Waals surface area contributed by atoms with Crippen LogP contribution in [0, 0.1) is 5.41 Å². The Morgan fingerprint density at radius 2 is 1.95 bits per heavy atom. The highest BCUT2D eigenvalue weighted by molar-refractivity contribution is 7.12. The fourth-order valence-corrected chi connectivity index (χ4v) is 2.58. The van der Waals surface area contributed by atoms with E-state index in [4.69, 9.17) is 5.11 Å². The van der Waals surface area contributed by atoms with Crippen molar-refractivity contribution in [3.8, 4) is 0 Å². The van der Waals surface area contributed by atoms with E-state index in [1.165, 1.54) is 11.3 Å². The number of carbonyl (C=O) groups excluding carboxylic acids is 2. The minimum atomic E-state index is -1.04. The van der Waals surface area contributed by atoms with Crippen LogP contribution in [-0.4, -0.2) is 28.8 Å². The summed E-state index contributed by atoms with van der Waals surface area (Å²) in [6, 6.07) is 2.60. The van der Waals surface area contributed by atoms with Crippen LogP contribution >= 0.6 is 11.3 Å². The first-order valence-corrected chi connectivity index (χ1v) is 8.16. The second-order valence-electron chi connectivity index (χ2n) is 6.46. The minimum Gasteiger partial charge on any atom is -0.480 e. The van der Waals surface area contributed by atoms with E-state index in [0.717, 1.165) is 0 Å². The number of aliphatic carboxylic acids is 1. The molecule has 1 heterocycles. The fourth-order valence-electron chi connectivity index (χ4n) is 1.89. The van der Waals surface area contributed by atoms with Crippen LogP contribution in [0.15, 0.2) is 17.5 Å². The molecule has 5 nitrogen and oxygen atoms in total. The number of hydrogen-bond acceptors (Lipinski definition) is 4. The number of ketones is 1. The Morgan fingerprint density at radius 1 is 1.27 bits per heavy atom. The number of carboxylic acid groups (broad SMARTS) is 1. The minimum absolute atomic E-state index is 0.00750. The van der Waals surface area contributed by atoms with Crippen molar-refractivity contribution in [1.29, 1.82) is 0 Å².